The zero-order chi connectivity index (χ0) is 18.1. The van der Waals surface area contributed by atoms with Crippen LogP contribution in [0.3, 0.4) is 0 Å². The van der Waals surface area contributed by atoms with Crippen LogP contribution in [0.4, 0.5) is 0 Å². The topological polar surface area (TPSA) is 34.1 Å². The predicted molar refractivity (Wildman–Crippen MR) is 100.0 cm³/mol. The lowest BCUT2D eigenvalue weighted by molar-refractivity contribution is -0.127. The Kier molecular flexibility index (Phi) is 3.73. The van der Waals surface area contributed by atoms with Crippen molar-refractivity contribution >= 4 is 11.6 Å². The summed E-state index contributed by atoms with van der Waals surface area (Å²) in [6.07, 6.45) is 9.73. The molecule has 0 aliphatic heterocycles. The number of fused-ring (bicyclic) bond motifs is 5. The van der Waals surface area contributed by atoms with Crippen molar-refractivity contribution in [3.8, 4) is 0 Å². The highest BCUT2D eigenvalue weighted by atomic mass is 16.1. The quantitative estimate of drug-likeness (QED) is 0.662. The van der Waals surface area contributed by atoms with Crippen molar-refractivity contribution in [1.82, 2.24) is 0 Å². The number of hydrogen-bond acceptors (Lipinski definition) is 2. The van der Waals surface area contributed by atoms with Gasteiger partial charge in [-0.15, -0.1) is 0 Å². The number of ketones is 2. The van der Waals surface area contributed by atoms with E-state index in [0.29, 0.717) is 41.7 Å². The summed E-state index contributed by atoms with van der Waals surface area (Å²) in [4.78, 5) is 24.4. The fourth-order valence-corrected chi connectivity index (χ4v) is 7.43. The van der Waals surface area contributed by atoms with Crippen molar-refractivity contribution in [3.05, 3.63) is 23.3 Å². The van der Waals surface area contributed by atoms with Crippen LogP contribution in [0, 0.1) is 40.4 Å². The number of hydrogen-bond donors (Lipinski definition) is 0. The molecule has 0 heterocycles. The fraction of sp³-hybridized carbons (Fsp3) is 0.739. The van der Waals surface area contributed by atoms with E-state index in [1.807, 2.05) is 6.08 Å². The van der Waals surface area contributed by atoms with Gasteiger partial charge in [0.2, 0.25) is 0 Å². The van der Waals surface area contributed by atoms with Gasteiger partial charge in [-0.1, -0.05) is 32.4 Å². The lowest BCUT2D eigenvalue weighted by atomic mass is 9.45. The Bertz CT molecular complexity index is 699. The average Bonchev–Trinajstić information content (AvgIpc) is 2.88. The first-order chi connectivity index (χ1) is 11.7. The highest BCUT2D eigenvalue weighted by Crippen LogP contribution is 2.66. The Hall–Kier alpha value is -1.18. The van der Waals surface area contributed by atoms with Gasteiger partial charge in [0, 0.05) is 12.3 Å². The first kappa shape index (κ1) is 17.2. The minimum atomic E-state index is 0.118. The Morgan fingerprint density at radius 3 is 2.56 bits per heavy atom. The molecule has 0 radical (unpaired) electrons. The van der Waals surface area contributed by atoms with Crippen molar-refractivity contribution in [2.75, 3.05) is 0 Å². The third-order valence-corrected chi connectivity index (χ3v) is 8.88. The van der Waals surface area contributed by atoms with Crippen LogP contribution in [-0.4, -0.2) is 11.6 Å². The monoisotopic (exact) mass is 340 g/mol. The number of rotatable bonds is 1. The van der Waals surface area contributed by atoms with Crippen molar-refractivity contribution in [1.29, 1.82) is 0 Å². The molecule has 25 heavy (non-hydrogen) atoms. The second-order valence-electron chi connectivity index (χ2n) is 9.84. The van der Waals surface area contributed by atoms with Crippen molar-refractivity contribution in [2.24, 2.45) is 40.4 Å². The summed E-state index contributed by atoms with van der Waals surface area (Å²) in [7, 11) is 0. The van der Waals surface area contributed by atoms with Crippen LogP contribution in [0.25, 0.3) is 0 Å². The predicted octanol–water partition coefficient (Wildman–Crippen LogP) is 5.14. The maximum atomic E-state index is 12.2. The summed E-state index contributed by atoms with van der Waals surface area (Å²) in [6.45, 7) is 11.1. The van der Waals surface area contributed by atoms with E-state index in [1.54, 1.807) is 6.92 Å². The molecule has 0 N–H and O–H groups in total. The van der Waals surface area contributed by atoms with Gasteiger partial charge in [0.1, 0.15) is 5.78 Å². The first-order valence-corrected chi connectivity index (χ1v) is 10.1. The Labute approximate surface area is 152 Å². The first-order valence-electron chi connectivity index (χ1n) is 10.1. The Morgan fingerprint density at radius 1 is 1.16 bits per heavy atom. The molecule has 2 nitrogen and oxygen atoms in total. The standard InChI is InChI=1S/C23H32O2/c1-13-10-17-19-7-6-18(15(3)24)22(19,4)9-8-20(17)23(5)14(2)11-16(25)12-21(13)23/h10,12,14,17-20H,6-9,11H2,1-5H3/t14-,17?,18+,19?,20?,22+,23+/m0/s1. The van der Waals surface area contributed by atoms with Gasteiger partial charge in [0.25, 0.3) is 0 Å². The summed E-state index contributed by atoms with van der Waals surface area (Å²) in [6, 6.07) is 0. The van der Waals surface area contributed by atoms with E-state index in [1.165, 1.54) is 30.4 Å². The lowest BCUT2D eigenvalue weighted by Crippen LogP contribution is -2.52. The van der Waals surface area contributed by atoms with Crippen LogP contribution in [0.15, 0.2) is 23.3 Å². The molecule has 2 heteroatoms. The molecule has 0 aromatic heterocycles. The van der Waals surface area contributed by atoms with Gasteiger partial charge in [-0.05, 0) is 85.7 Å². The summed E-state index contributed by atoms with van der Waals surface area (Å²) in [5.41, 5.74) is 2.92. The largest absolute Gasteiger partial charge is 0.300 e. The van der Waals surface area contributed by atoms with Crippen LogP contribution in [0.2, 0.25) is 0 Å². The summed E-state index contributed by atoms with van der Waals surface area (Å²) >= 11 is 0. The van der Waals surface area contributed by atoms with Crippen LogP contribution >= 0.6 is 0 Å². The van der Waals surface area contributed by atoms with E-state index in [-0.39, 0.29) is 16.7 Å². The third-order valence-electron chi connectivity index (χ3n) is 8.88. The molecule has 0 saturated heterocycles. The smallest absolute Gasteiger partial charge is 0.156 e. The van der Waals surface area contributed by atoms with E-state index in [0.717, 1.165) is 6.42 Å². The van der Waals surface area contributed by atoms with Crippen molar-refractivity contribution in [2.45, 2.75) is 66.7 Å². The van der Waals surface area contributed by atoms with E-state index >= 15 is 0 Å². The Balaban J connectivity index is 1.80. The van der Waals surface area contributed by atoms with Gasteiger partial charge in [-0.25, -0.2) is 0 Å². The van der Waals surface area contributed by atoms with E-state index in [2.05, 4.69) is 33.8 Å². The van der Waals surface area contributed by atoms with Crippen molar-refractivity contribution < 1.29 is 9.59 Å². The molecule has 2 saturated carbocycles. The summed E-state index contributed by atoms with van der Waals surface area (Å²) < 4.78 is 0. The van der Waals surface area contributed by atoms with Gasteiger partial charge in [0.05, 0.1) is 0 Å². The molecule has 0 amide bonds. The highest BCUT2D eigenvalue weighted by Gasteiger charge is 2.60. The molecular formula is C23H32O2. The number of carbonyl (C=O) groups is 2. The molecule has 0 aromatic rings. The second-order valence-corrected chi connectivity index (χ2v) is 9.84. The van der Waals surface area contributed by atoms with Crippen LogP contribution in [-0.2, 0) is 9.59 Å². The minimum absolute atomic E-state index is 0.118. The van der Waals surface area contributed by atoms with E-state index < -0.39 is 0 Å². The summed E-state index contributed by atoms with van der Waals surface area (Å²) in [5, 5.41) is 0. The van der Waals surface area contributed by atoms with Crippen LogP contribution in [0.5, 0.6) is 0 Å². The lowest BCUT2D eigenvalue weighted by Gasteiger charge is -2.58. The van der Waals surface area contributed by atoms with Gasteiger partial charge in [-0.2, -0.15) is 0 Å². The molecule has 4 rings (SSSR count). The van der Waals surface area contributed by atoms with E-state index in [4.69, 9.17) is 0 Å². The normalized spacial score (nSPS) is 48.8. The molecule has 4 aliphatic rings. The number of allylic oxidation sites excluding steroid dienone is 4. The Morgan fingerprint density at radius 2 is 1.88 bits per heavy atom. The molecule has 0 aromatic carbocycles. The zero-order valence-corrected chi connectivity index (χ0v) is 16.4. The number of carbonyl (C=O) groups excluding carboxylic acids is 2. The van der Waals surface area contributed by atoms with Crippen LogP contribution in [0.1, 0.15) is 66.7 Å². The third kappa shape index (κ3) is 2.15. The molecule has 4 aliphatic carbocycles. The van der Waals surface area contributed by atoms with Crippen molar-refractivity contribution in [3.63, 3.8) is 0 Å². The zero-order valence-electron chi connectivity index (χ0n) is 16.4. The molecule has 0 spiro atoms. The maximum Gasteiger partial charge on any atom is 0.156 e. The molecular weight excluding hydrogens is 308 g/mol. The SMILES string of the molecule is CC(=O)[C@H]1CCC2C3C=C(C)C4=CC(=O)C[C@H](C)[C@]4(C)C3CC[C@@]21C. The molecule has 2 fully saturated rings. The summed E-state index contributed by atoms with van der Waals surface area (Å²) in [5.74, 6) is 3.16. The average molecular weight is 341 g/mol. The highest BCUT2D eigenvalue weighted by molar-refractivity contribution is 5.93. The van der Waals surface area contributed by atoms with E-state index in [9.17, 15) is 9.59 Å². The minimum Gasteiger partial charge on any atom is -0.300 e. The van der Waals surface area contributed by atoms with Gasteiger partial charge in [0.15, 0.2) is 5.78 Å². The van der Waals surface area contributed by atoms with Gasteiger partial charge >= 0.3 is 0 Å². The van der Waals surface area contributed by atoms with Crippen LogP contribution < -0.4 is 0 Å². The number of Topliss-reactive ketones (excluding diaryl/α,β-unsaturated/α-hetero) is 1. The fourth-order valence-electron chi connectivity index (χ4n) is 7.43. The maximum absolute atomic E-state index is 12.2. The van der Waals surface area contributed by atoms with Gasteiger partial charge in [-0.3, -0.25) is 9.59 Å². The second kappa shape index (κ2) is 5.41. The van der Waals surface area contributed by atoms with Gasteiger partial charge < -0.3 is 0 Å². The molecule has 0 bridgehead atoms. The molecule has 136 valence electrons. The molecule has 3 unspecified atom stereocenters. The molecule has 7 atom stereocenters.